The number of nitrogen functional groups attached to an aromatic ring is 1. The Morgan fingerprint density at radius 1 is 1.13 bits per heavy atom. The average Bonchev–Trinajstić information content (AvgIpc) is 2.54. The van der Waals surface area contributed by atoms with Crippen molar-refractivity contribution in [3.8, 4) is 5.75 Å². The third kappa shape index (κ3) is 4.81. The average molecular weight is 313 g/mol. The second-order valence-corrected chi connectivity index (χ2v) is 4.86. The van der Waals surface area contributed by atoms with E-state index in [9.17, 15) is 4.79 Å². The molecule has 0 radical (unpaired) electrons. The van der Waals surface area contributed by atoms with E-state index in [0.717, 1.165) is 5.56 Å². The minimum atomic E-state index is -0.294. The molecule has 120 valence electrons. The zero-order chi connectivity index (χ0) is 16.7. The maximum atomic E-state index is 10.8. The Balaban J connectivity index is 2.18. The van der Waals surface area contributed by atoms with Crippen molar-refractivity contribution < 1.29 is 14.3 Å². The molecule has 2 rings (SSSR count). The minimum Gasteiger partial charge on any atom is -0.494 e. The summed E-state index contributed by atoms with van der Waals surface area (Å²) >= 11 is 0. The lowest BCUT2D eigenvalue weighted by atomic mass is 10.1. The van der Waals surface area contributed by atoms with Crippen LogP contribution in [0, 0.1) is 0 Å². The Labute approximate surface area is 134 Å². The van der Waals surface area contributed by atoms with Crippen molar-refractivity contribution in [3.05, 3.63) is 48.0 Å². The lowest BCUT2D eigenvalue weighted by Crippen LogP contribution is -2.03. The van der Waals surface area contributed by atoms with Crippen LogP contribution in [0.5, 0.6) is 5.75 Å². The first kappa shape index (κ1) is 16.5. The number of rotatable bonds is 6. The fraction of sp³-hybridized carbons (Fsp3) is 0.235. The van der Waals surface area contributed by atoms with Crippen LogP contribution < -0.4 is 10.5 Å². The normalized spacial score (nSPS) is 10.7. The van der Waals surface area contributed by atoms with Crippen LogP contribution in [-0.2, 0) is 16.0 Å². The van der Waals surface area contributed by atoms with Gasteiger partial charge in [-0.1, -0.05) is 18.2 Å². The number of azo groups is 1. The third-order valence-electron chi connectivity index (χ3n) is 3.14. The van der Waals surface area contributed by atoms with Gasteiger partial charge in [-0.05, 0) is 29.8 Å². The molecule has 0 fully saturated rings. The smallest absolute Gasteiger partial charge is 0.302 e. The van der Waals surface area contributed by atoms with Gasteiger partial charge < -0.3 is 15.2 Å². The van der Waals surface area contributed by atoms with E-state index in [0.29, 0.717) is 35.8 Å². The van der Waals surface area contributed by atoms with Crippen molar-refractivity contribution in [2.75, 3.05) is 19.5 Å². The van der Waals surface area contributed by atoms with Crippen LogP contribution in [0.15, 0.2) is 52.7 Å². The molecule has 0 unspecified atom stereocenters. The number of anilines is 1. The zero-order valence-electron chi connectivity index (χ0n) is 13.2. The molecule has 0 saturated carbocycles. The zero-order valence-corrected chi connectivity index (χ0v) is 13.2. The Morgan fingerprint density at radius 2 is 1.87 bits per heavy atom. The Morgan fingerprint density at radius 3 is 2.57 bits per heavy atom. The number of hydrogen-bond acceptors (Lipinski definition) is 6. The summed E-state index contributed by atoms with van der Waals surface area (Å²) in [6.45, 7) is 1.71. The van der Waals surface area contributed by atoms with E-state index < -0.39 is 0 Å². The predicted octanol–water partition coefficient (Wildman–Crippen LogP) is 3.80. The van der Waals surface area contributed by atoms with Gasteiger partial charge in [-0.25, -0.2) is 0 Å². The molecule has 6 heteroatoms. The van der Waals surface area contributed by atoms with Crippen LogP contribution in [0.3, 0.4) is 0 Å². The molecular formula is C17H19N3O3. The molecule has 2 N–H and O–H groups in total. The highest BCUT2D eigenvalue weighted by Gasteiger charge is 2.05. The topological polar surface area (TPSA) is 86.3 Å². The lowest BCUT2D eigenvalue weighted by Gasteiger charge is -2.07. The summed E-state index contributed by atoms with van der Waals surface area (Å²) in [6, 6.07) is 12.8. The van der Waals surface area contributed by atoms with E-state index in [-0.39, 0.29) is 5.97 Å². The van der Waals surface area contributed by atoms with Crippen molar-refractivity contribution in [2.24, 2.45) is 10.2 Å². The Bertz CT molecular complexity index is 714. The highest BCUT2D eigenvalue weighted by atomic mass is 16.5. The van der Waals surface area contributed by atoms with Crippen LogP contribution in [-0.4, -0.2) is 19.7 Å². The third-order valence-corrected chi connectivity index (χ3v) is 3.14. The van der Waals surface area contributed by atoms with Crippen molar-refractivity contribution in [2.45, 2.75) is 13.3 Å². The first-order valence-electron chi connectivity index (χ1n) is 7.16. The first-order valence-corrected chi connectivity index (χ1v) is 7.16. The lowest BCUT2D eigenvalue weighted by molar-refractivity contribution is -0.140. The van der Waals surface area contributed by atoms with E-state index in [1.54, 1.807) is 19.2 Å². The first-order chi connectivity index (χ1) is 11.1. The summed E-state index contributed by atoms with van der Waals surface area (Å²) in [5.74, 6) is 0.317. The highest BCUT2D eigenvalue weighted by molar-refractivity contribution is 5.66. The number of ether oxygens (including phenoxy) is 2. The summed E-state index contributed by atoms with van der Waals surface area (Å²) in [6.07, 6.45) is 0.597. The Hall–Kier alpha value is -2.89. The molecule has 0 aliphatic carbocycles. The number of nitrogens with two attached hydrogens (primary N) is 1. The number of carbonyl (C=O) groups is 1. The molecule has 0 atom stereocenters. The molecule has 0 amide bonds. The molecule has 23 heavy (non-hydrogen) atoms. The maximum absolute atomic E-state index is 10.8. The van der Waals surface area contributed by atoms with Crippen molar-refractivity contribution in [1.82, 2.24) is 0 Å². The predicted molar refractivity (Wildman–Crippen MR) is 88.4 cm³/mol. The van der Waals surface area contributed by atoms with Gasteiger partial charge in [0.2, 0.25) is 0 Å². The molecule has 0 aliphatic rings. The van der Waals surface area contributed by atoms with Gasteiger partial charge in [0.05, 0.1) is 19.4 Å². The summed E-state index contributed by atoms with van der Waals surface area (Å²) in [5.41, 5.74) is 8.57. The van der Waals surface area contributed by atoms with Gasteiger partial charge in [-0.15, -0.1) is 10.2 Å². The van der Waals surface area contributed by atoms with Crippen molar-refractivity contribution >= 4 is 23.0 Å². The molecule has 0 heterocycles. The second-order valence-electron chi connectivity index (χ2n) is 4.86. The number of hydrogen-bond donors (Lipinski definition) is 1. The number of para-hydroxylation sites is 1. The van der Waals surface area contributed by atoms with Crippen LogP contribution in [0.4, 0.5) is 17.1 Å². The fourth-order valence-corrected chi connectivity index (χ4v) is 1.97. The molecule has 2 aromatic carbocycles. The number of esters is 1. The van der Waals surface area contributed by atoms with Gasteiger partial charge in [0, 0.05) is 13.3 Å². The summed E-state index contributed by atoms with van der Waals surface area (Å²) in [4.78, 5) is 10.8. The number of carbonyl (C=O) groups excluding carboxylic acids is 1. The van der Waals surface area contributed by atoms with E-state index in [1.807, 2.05) is 30.3 Å². The summed E-state index contributed by atoms with van der Waals surface area (Å²) < 4.78 is 10.2. The van der Waals surface area contributed by atoms with Crippen molar-refractivity contribution in [1.29, 1.82) is 0 Å². The maximum Gasteiger partial charge on any atom is 0.302 e. The molecule has 0 aromatic heterocycles. The molecule has 0 saturated heterocycles. The summed E-state index contributed by atoms with van der Waals surface area (Å²) in [5, 5.41) is 8.39. The Kier molecular flexibility index (Phi) is 5.68. The monoisotopic (exact) mass is 313 g/mol. The number of benzene rings is 2. The molecule has 0 bridgehead atoms. The van der Waals surface area contributed by atoms with E-state index in [4.69, 9.17) is 15.2 Å². The van der Waals surface area contributed by atoms with E-state index >= 15 is 0 Å². The second kappa shape index (κ2) is 7.93. The molecule has 6 nitrogen and oxygen atoms in total. The molecule has 2 aromatic rings. The van der Waals surface area contributed by atoms with Gasteiger partial charge in [0.25, 0.3) is 0 Å². The SMILES string of the molecule is COc1ccc(CCOC(C)=O)cc1N=Nc1ccccc1N. The van der Waals surface area contributed by atoms with Gasteiger partial charge in [0.15, 0.2) is 0 Å². The van der Waals surface area contributed by atoms with Crippen LogP contribution in [0.1, 0.15) is 12.5 Å². The minimum absolute atomic E-state index is 0.294. The number of methoxy groups -OCH3 is 1. The van der Waals surface area contributed by atoms with Crippen LogP contribution >= 0.6 is 0 Å². The largest absolute Gasteiger partial charge is 0.494 e. The van der Waals surface area contributed by atoms with Crippen molar-refractivity contribution in [3.63, 3.8) is 0 Å². The van der Waals surface area contributed by atoms with Gasteiger partial charge in [-0.2, -0.15) is 0 Å². The quantitative estimate of drug-likeness (QED) is 0.499. The van der Waals surface area contributed by atoms with Crippen LogP contribution in [0.25, 0.3) is 0 Å². The number of nitrogens with zero attached hydrogens (tertiary/aromatic N) is 2. The summed E-state index contributed by atoms with van der Waals surface area (Å²) in [7, 11) is 1.57. The van der Waals surface area contributed by atoms with Gasteiger partial charge in [-0.3, -0.25) is 4.79 Å². The van der Waals surface area contributed by atoms with Crippen LogP contribution in [0.2, 0.25) is 0 Å². The highest BCUT2D eigenvalue weighted by Crippen LogP contribution is 2.31. The molecular weight excluding hydrogens is 294 g/mol. The molecule has 0 spiro atoms. The van der Waals surface area contributed by atoms with E-state index in [2.05, 4.69) is 10.2 Å². The standard InChI is InChI=1S/C17H19N3O3/c1-12(21)23-10-9-13-7-8-17(22-2)16(11-13)20-19-15-6-4-3-5-14(15)18/h3-8,11H,9-10,18H2,1-2H3. The van der Waals surface area contributed by atoms with Gasteiger partial charge in [0.1, 0.15) is 17.1 Å². The van der Waals surface area contributed by atoms with Gasteiger partial charge >= 0.3 is 5.97 Å². The van der Waals surface area contributed by atoms with E-state index in [1.165, 1.54) is 6.92 Å². The fourth-order valence-electron chi connectivity index (χ4n) is 1.97. The molecule has 0 aliphatic heterocycles.